The topological polar surface area (TPSA) is 26.3 Å². The van der Waals surface area contributed by atoms with E-state index in [1.807, 2.05) is 25.1 Å². The van der Waals surface area contributed by atoms with E-state index in [4.69, 9.17) is 4.74 Å². The third-order valence-corrected chi connectivity index (χ3v) is 6.05. The fraction of sp³-hybridized carbons (Fsp3) is 0.174. The Labute approximate surface area is 158 Å². The molecule has 4 rings (SSSR count). The lowest BCUT2D eigenvalue weighted by molar-refractivity contribution is -0.144. The van der Waals surface area contributed by atoms with Crippen LogP contribution in [0.2, 0.25) is 0 Å². The van der Waals surface area contributed by atoms with Crippen LogP contribution in [-0.2, 0) is 14.9 Å². The van der Waals surface area contributed by atoms with Crippen LogP contribution in [0.25, 0.3) is 0 Å². The monoisotopic (exact) mass is 360 g/mol. The maximum Gasteiger partial charge on any atom is 0.307 e. The van der Waals surface area contributed by atoms with E-state index in [0.717, 1.165) is 5.56 Å². The minimum absolute atomic E-state index is 0.173. The van der Waals surface area contributed by atoms with Gasteiger partial charge in [0.1, 0.15) is 0 Å². The highest BCUT2D eigenvalue weighted by Gasteiger charge is 2.44. The maximum atomic E-state index is 12.7. The highest BCUT2D eigenvalue weighted by atomic mass is 32.2. The summed E-state index contributed by atoms with van der Waals surface area (Å²) in [6, 6.07) is 27.1. The van der Waals surface area contributed by atoms with Crippen molar-refractivity contribution in [1.29, 1.82) is 0 Å². The van der Waals surface area contributed by atoms with Crippen molar-refractivity contribution in [3.63, 3.8) is 0 Å². The van der Waals surface area contributed by atoms with Gasteiger partial charge >= 0.3 is 5.97 Å². The van der Waals surface area contributed by atoms with Crippen molar-refractivity contribution < 1.29 is 9.53 Å². The molecule has 2 nitrogen and oxygen atoms in total. The first kappa shape index (κ1) is 16.9. The number of hydrogen-bond donors (Lipinski definition) is 0. The number of ether oxygens (including phenoxy) is 1. The van der Waals surface area contributed by atoms with Gasteiger partial charge < -0.3 is 4.74 Å². The van der Waals surface area contributed by atoms with Crippen molar-refractivity contribution in [3.05, 3.63) is 95.6 Å². The highest BCUT2D eigenvalue weighted by molar-refractivity contribution is 7.99. The molecule has 0 aliphatic carbocycles. The predicted octanol–water partition coefficient (Wildman–Crippen LogP) is 5.44. The lowest BCUT2D eigenvalue weighted by atomic mass is 9.67. The van der Waals surface area contributed by atoms with Gasteiger partial charge in [0.15, 0.2) is 0 Å². The summed E-state index contributed by atoms with van der Waals surface area (Å²) in [5.74, 6) is -0.173. The Morgan fingerprint density at radius 3 is 1.96 bits per heavy atom. The lowest BCUT2D eigenvalue weighted by Gasteiger charge is -2.40. The number of fused-ring (bicyclic) bond motifs is 2. The molecule has 0 aromatic heterocycles. The average molecular weight is 360 g/mol. The van der Waals surface area contributed by atoms with Crippen LogP contribution in [-0.4, -0.2) is 12.6 Å². The second-order valence-electron chi connectivity index (χ2n) is 6.35. The molecule has 0 saturated heterocycles. The molecule has 0 atom stereocenters. The van der Waals surface area contributed by atoms with Gasteiger partial charge in [-0.2, -0.15) is 0 Å². The summed E-state index contributed by atoms with van der Waals surface area (Å²) < 4.78 is 5.38. The third kappa shape index (κ3) is 2.73. The molecule has 0 N–H and O–H groups in total. The van der Waals surface area contributed by atoms with Crippen LogP contribution >= 0.6 is 11.8 Å². The van der Waals surface area contributed by atoms with Crippen LogP contribution in [0.1, 0.15) is 30.0 Å². The molecule has 1 aliphatic heterocycles. The zero-order valence-electron chi connectivity index (χ0n) is 14.6. The minimum Gasteiger partial charge on any atom is -0.466 e. The summed E-state index contributed by atoms with van der Waals surface area (Å²) in [4.78, 5) is 15.1. The molecule has 3 heteroatoms. The van der Waals surface area contributed by atoms with E-state index >= 15 is 0 Å². The Kier molecular flexibility index (Phi) is 4.56. The van der Waals surface area contributed by atoms with Gasteiger partial charge in [-0.15, -0.1) is 0 Å². The molecular formula is C23H20O2S. The zero-order chi connectivity index (χ0) is 18.0. The summed E-state index contributed by atoms with van der Waals surface area (Å²) in [7, 11) is 0. The van der Waals surface area contributed by atoms with E-state index in [9.17, 15) is 4.79 Å². The van der Waals surface area contributed by atoms with Crippen LogP contribution in [0.4, 0.5) is 0 Å². The molecule has 0 spiro atoms. The molecule has 0 radical (unpaired) electrons. The molecule has 26 heavy (non-hydrogen) atoms. The van der Waals surface area contributed by atoms with Crippen molar-refractivity contribution in [2.45, 2.75) is 28.6 Å². The summed E-state index contributed by atoms with van der Waals surface area (Å²) in [5.41, 5.74) is 2.92. The van der Waals surface area contributed by atoms with Gasteiger partial charge in [0, 0.05) is 9.79 Å². The van der Waals surface area contributed by atoms with Crippen molar-refractivity contribution in [3.8, 4) is 0 Å². The molecular weight excluding hydrogens is 340 g/mol. The SMILES string of the molecule is CCOC(=O)CC1(c2ccccc2)c2ccccc2Sc2ccccc21. The van der Waals surface area contributed by atoms with Gasteiger partial charge in [0.05, 0.1) is 18.4 Å². The van der Waals surface area contributed by atoms with Gasteiger partial charge in [-0.25, -0.2) is 0 Å². The maximum absolute atomic E-state index is 12.7. The first-order chi connectivity index (χ1) is 12.8. The number of rotatable bonds is 4. The quantitative estimate of drug-likeness (QED) is 0.580. The number of carbonyl (C=O) groups excluding carboxylic acids is 1. The second kappa shape index (κ2) is 7.00. The molecule has 0 unspecified atom stereocenters. The van der Waals surface area contributed by atoms with E-state index in [2.05, 4.69) is 60.7 Å². The first-order valence-corrected chi connectivity index (χ1v) is 9.65. The van der Waals surface area contributed by atoms with Crippen LogP contribution in [0.5, 0.6) is 0 Å². The van der Waals surface area contributed by atoms with Gasteiger partial charge in [0.25, 0.3) is 0 Å². The molecule has 3 aromatic carbocycles. The van der Waals surface area contributed by atoms with Crippen molar-refractivity contribution >= 4 is 17.7 Å². The Morgan fingerprint density at radius 1 is 0.846 bits per heavy atom. The Morgan fingerprint density at radius 2 is 1.38 bits per heavy atom. The minimum atomic E-state index is -0.536. The van der Waals surface area contributed by atoms with Crippen molar-refractivity contribution in [2.75, 3.05) is 6.61 Å². The van der Waals surface area contributed by atoms with E-state index < -0.39 is 5.41 Å². The lowest BCUT2D eigenvalue weighted by Crippen LogP contribution is -2.35. The summed E-state index contributed by atoms with van der Waals surface area (Å²) >= 11 is 1.77. The Hall–Kier alpha value is -2.52. The molecule has 1 heterocycles. The van der Waals surface area contributed by atoms with Crippen LogP contribution in [0.15, 0.2) is 88.7 Å². The Bertz CT molecular complexity index is 888. The highest BCUT2D eigenvalue weighted by Crippen LogP contribution is 2.54. The van der Waals surface area contributed by atoms with Gasteiger partial charge in [-0.1, -0.05) is 78.5 Å². The smallest absolute Gasteiger partial charge is 0.307 e. The summed E-state index contributed by atoms with van der Waals surface area (Å²) in [6.07, 6.45) is 0.291. The normalized spacial score (nSPS) is 14.2. The van der Waals surface area contributed by atoms with Gasteiger partial charge in [0.2, 0.25) is 0 Å². The fourth-order valence-electron chi connectivity index (χ4n) is 3.83. The molecule has 0 amide bonds. The van der Waals surface area contributed by atoms with E-state index in [0.29, 0.717) is 13.0 Å². The van der Waals surface area contributed by atoms with Crippen LogP contribution in [0, 0.1) is 0 Å². The van der Waals surface area contributed by atoms with Gasteiger partial charge in [-0.3, -0.25) is 4.79 Å². The number of esters is 1. The Balaban J connectivity index is 2.02. The second-order valence-corrected chi connectivity index (χ2v) is 7.43. The molecule has 0 fully saturated rings. The molecule has 1 aliphatic rings. The zero-order valence-corrected chi connectivity index (χ0v) is 15.5. The largest absolute Gasteiger partial charge is 0.466 e. The summed E-state index contributed by atoms with van der Waals surface area (Å²) in [6.45, 7) is 2.24. The third-order valence-electron chi connectivity index (χ3n) is 4.90. The van der Waals surface area contributed by atoms with Crippen LogP contribution < -0.4 is 0 Å². The van der Waals surface area contributed by atoms with Crippen LogP contribution in [0.3, 0.4) is 0 Å². The molecule has 0 saturated carbocycles. The van der Waals surface area contributed by atoms with E-state index in [1.165, 1.54) is 20.9 Å². The van der Waals surface area contributed by atoms with E-state index in [-0.39, 0.29) is 5.97 Å². The standard InChI is InChI=1S/C23H20O2S/c1-2-25-22(24)16-23(17-10-4-3-5-11-17)18-12-6-8-14-20(18)26-21-15-9-7-13-19(21)23/h3-15H,2,16H2,1H3. The fourth-order valence-corrected chi connectivity index (χ4v) is 5.07. The number of hydrogen-bond acceptors (Lipinski definition) is 3. The van der Waals surface area contributed by atoms with E-state index in [1.54, 1.807) is 11.8 Å². The molecule has 3 aromatic rings. The molecule has 130 valence electrons. The van der Waals surface area contributed by atoms with Crippen molar-refractivity contribution in [2.24, 2.45) is 0 Å². The average Bonchev–Trinajstić information content (AvgIpc) is 2.68. The summed E-state index contributed by atoms with van der Waals surface area (Å²) in [5, 5.41) is 0. The number of carbonyl (C=O) groups is 1. The molecule has 0 bridgehead atoms. The predicted molar refractivity (Wildman–Crippen MR) is 105 cm³/mol. The van der Waals surface area contributed by atoms with Gasteiger partial charge in [-0.05, 0) is 35.7 Å². The number of benzene rings is 3. The first-order valence-electron chi connectivity index (χ1n) is 8.83. The van der Waals surface area contributed by atoms with Crippen molar-refractivity contribution in [1.82, 2.24) is 0 Å².